The molecule has 1 N–H and O–H groups in total. The number of alkyl halides is 1. The van der Waals surface area contributed by atoms with Gasteiger partial charge in [-0.3, -0.25) is 0 Å². The van der Waals surface area contributed by atoms with Gasteiger partial charge < -0.3 is 9.63 Å². The second kappa shape index (κ2) is 4.14. The van der Waals surface area contributed by atoms with Crippen LogP contribution in [0.2, 0.25) is 0 Å². The summed E-state index contributed by atoms with van der Waals surface area (Å²) in [7, 11) is 0. The van der Waals surface area contributed by atoms with Crippen LogP contribution < -0.4 is 0 Å². The van der Waals surface area contributed by atoms with E-state index in [0.29, 0.717) is 16.9 Å². The van der Waals surface area contributed by atoms with Crippen molar-refractivity contribution in [2.75, 3.05) is 0 Å². The fourth-order valence-corrected chi connectivity index (χ4v) is 1.32. The molecule has 82 valence electrons. The van der Waals surface area contributed by atoms with Crippen molar-refractivity contribution in [3.8, 4) is 11.3 Å². The van der Waals surface area contributed by atoms with Gasteiger partial charge in [0.05, 0.1) is 0 Å². The Balaban J connectivity index is 2.38. The molecule has 0 amide bonds. The van der Waals surface area contributed by atoms with Crippen molar-refractivity contribution in [3.05, 3.63) is 41.6 Å². The van der Waals surface area contributed by atoms with Gasteiger partial charge in [0, 0.05) is 11.6 Å². The van der Waals surface area contributed by atoms with E-state index in [1.54, 1.807) is 24.3 Å². The molecule has 0 saturated heterocycles. The second-order valence-corrected chi connectivity index (χ2v) is 3.22. The molecule has 0 unspecified atom stereocenters. The van der Waals surface area contributed by atoms with Gasteiger partial charge in [0.1, 0.15) is 6.67 Å². The predicted octanol–water partition coefficient (Wildman–Crippen LogP) is 2.51. The summed E-state index contributed by atoms with van der Waals surface area (Å²) in [6.45, 7) is -0.576. The number of aromatic carboxylic acids is 1. The van der Waals surface area contributed by atoms with Crippen molar-refractivity contribution < 1.29 is 18.8 Å². The first-order valence-corrected chi connectivity index (χ1v) is 4.56. The Bertz CT molecular complexity index is 521. The third kappa shape index (κ3) is 1.93. The summed E-state index contributed by atoms with van der Waals surface area (Å²) in [5.41, 5.74) is 0.946. The van der Waals surface area contributed by atoms with Gasteiger partial charge in [-0.1, -0.05) is 23.4 Å². The Labute approximate surface area is 90.3 Å². The summed E-state index contributed by atoms with van der Waals surface area (Å²) in [5, 5.41) is 12.0. The number of hydrogen-bond donors (Lipinski definition) is 1. The van der Waals surface area contributed by atoms with Crippen molar-refractivity contribution >= 4 is 5.97 Å². The molecule has 0 atom stereocenters. The molecule has 4 nitrogen and oxygen atoms in total. The lowest BCUT2D eigenvalue weighted by Gasteiger charge is -1.97. The molecular weight excluding hydrogens is 213 g/mol. The normalized spacial score (nSPS) is 10.3. The lowest BCUT2D eigenvalue weighted by atomic mass is 10.1. The molecule has 5 heteroatoms. The second-order valence-electron chi connectivity index (χ2n) is 3.22. The standard InChI is InChI=1S/C11H8FNO3/c12-6-7-2-1-3-8(4-7)10-5-9(11(14)15)13-16-10/h1-5H,6H2,(H,14,15). The quantitative estimate of drug-likeness (QED) is 0.864. The number of carbonyl (C=O) groups is 1. The average molecular weight is 221 g/mol. The highest BCUT2D eigenvalue weighted by Gasteiger charge is 2.12. The fourth-order valence-electron chi connectivity index (χ4n) is 1.32. The van der Waals surface area contributed by atoms with Crippen molar-refractivity contribution in [1.29, 1.82) is 0 Å². The first kappa shape index (κ1) is 10.4. The zero-order valence-corrected chi connectivity index (χ0v) is 8.18. The van der Waals surface area contributed by atoms with E-state index in [2.05, 4.69) is 5.16 Å². The van der Waals surface area contributed by atoms with Crippen LogP contribution in [-0.4, -0.2) is 16.2 Å². The first-order valence-electron chi connectivity index (χ1n) is 4.56. The molecule has 1 aromatic heterocycles. The molecule has 1 heterocycles. The Morgan fingerprint density at radius 2 is 2.25 bits per heavy atom. The molecule has 0 radical (unpaired) electrons. The van der Waals surface area contributed by atoms with Gasteiger partial charge in [-0.15, -0.1) is 0 Å². The molecule has 0 aliphatic rings. The predicted molar refractivity (Wildman–Crippen MR) is 53.7 cm³/mol. The Hall–Kier alpha value is -2.17. The van der Waals surface area contributed by atoms with E-state index in [-0.39, 0.29) is 5.69 Å². The van der Waals surface area contributed by atoms with Crippen LogP contribution >= 0.6 is 0 Å². The van der Waals surface area contributed by atoms with Gasteiger partial charge in [-0.05, 0) is 11.6 Å². The fraction of sp³-hybridized carbons (Fsp3) is 0.0909. The van der Waals surface area contributed by atoms with E-state index < -0.39 is 12.6 Å². The molecule has 2 aromatic rings. The summed E-state index contributed by atoms with van der Waals surface area (Å²) in [5.74, 6) is -0.843. The SMILES string of the molecule is O=C(O)c1cc(-c2cccc(CF)c2)on1. The number of hydrogen-bond acceptors (Lipinski definition) is 3. The van der Waals surface area contributed by atoms with Gasteiger partial charge in [0.15, 0.2) is 11.5 Å². The third-order valence-electron chi connectivity index (χ3n) is 2.10. The van der Waals surface area contributed by atoms with Crippen LogP contribution in [0.25, 0.3) is 11.3 Å². The van der Waals surface area contributed by atoms with Crippen LogP contribution in [0, 0.1) is 0 Å². The maximum atomic E-state index is 12.4. The lowest BCUT2D eigenvalue weighted by Crippen LogP contribution is -1.94. The Morgan fingerprint density at radius 1 is 1.44 bits per heavy atom. The average Bonchev–Trinajstić information content (AvgIpc) is 2.78. The molecule has 1 aromatic carbocycles. The van der Waals surface area contributed by atoms with Gasteiger partial charge in [0.25, 0.3) is 0 Å². The van der Waals surface area contributed by atoms with E-state index in [4.69, 9.17) is 9.63 Å². The number of benzene rings is 1. The summed E-state index contributed by atoms with van der Waals surface area (Å²) in [4.78, 5) is 10.6. The summed E-state index contributed by atoms with van der Waals surface area (Å²) in [6.07, 6.45) is 0. The van der Waals surface area contributed by atoms with Crippen LogP contribution in [0.4, 0.5) is 4.39 Å². The van der Waals surface area contributed by atoms with Gasteiger partial charge in [-0.25, -0.2) is 9.18 Å². The van der Waals surface area contributed by atoms with E-state index in [9.17, 15) is 9.18 Å². The minimum absolute atomic E-state index is 0.166. The lowest BCUT2D eigenvalue weighted by molar-refractivity contribution is 0.0686. The Kier molecular flexibility index (Phi) is 2.68. The van der Waals surface area contributed by atoms with Crippen molar-refractivity contribution in [1.82, 2.24) is 5.16 Å². The van der Waals surface area contributed by atoms with Crippen molar-refractivity contribution in [3.63, 3.8) is 0 Å². The van der Waals surface area contributed by atoms with Crippen LogP contribution in [0.3, 0.4) is 0 Å². The molecule has 0 aliphatic heterocycles. The summed E-state index contributed by atoms with van der Waals surface area (Å²) >= 11 is 0. The van der Waals surface area contributed by atoms with E-state index >= 15 is 0 Å². The first-order chi connectivity index (χ1) is 7.70. The zero-order chi connectivity index (χ0) is 11.5. The molecule has 0 aliphatic carbocycles. The van der Waals surface area contributed by atoms with Crippen LogP contribution in [0.5, 0.6) is 0 Å². The smallest absolute Gasteiger partial charge is 0.358 e. The van der Waals surface area contributed by atoms with Crippen molar-refractivity contribution in [2.45, 2.75) is 6.67 Å². The zero-order valence-electron chi connectivity index (χ0n) is 8.18. The number of carboxylic acid groups (broad SMARTS) is 1. The number of nitrogens with zero attached hydrogens (tertiary/aromatic N) is 1. The summed E-state index contributed by atoms with van der Waals surface area (Å²) < 4.78 is 17.3. The molecular formula is C11H8FNO3. The molecule has 0 saturated carbocycles. The maximum Gasteiger partial charge on any atom is 0.358 e. The summed E-state index contributed by atoms with van der Waals surface area (Å²) in [6, 6.07) is 7.91. The number of halogens is 1. The van der Waals surface area contributed by atoms with Crippen LogP contribution in [0.1, 0.15) is 16.1 Å². The van der Waals surface area contributed by atoms with E-state index in [1.165, 1.54) is 6.07 Å². The van der Waals surface area contributed by atoms with Gasteiger partial charge in [0.2, 0.25) is 0 Å². The largest absolute Gasteiger partial charge is 0.476 e. The van der Waals surface area contributed by atoms with Gasteiger partial charge >= 0.3 is 5.97 Å². The molecule has 0 fully saturated rings. The minimum Gasteiger partial charge on any atom is -0.476 e. The number of carboxylic acids is 1. The number of aromatic nitrogens is 1. The molecule has 0 bridgehead atoms. The third-order valence-corrected chi connectivity index (χ3v) is 2.10. The van der Waals surface area contributed by atoms with Crippen molar-refractivity contribution in [2.24, 2.45) is 0 Å². The highest BCUT2D eigenvalue weighted by Crippen LogP contribution is 2.21. The monoisotopic (exact) mass is 221 g/mol. The minimum atomic E-state index is -1.16. The van der Waals surface area contributed by atoms with E-state index in [0.717, 1.165) is 0 Å². The van der Waals surface area contributed by atoms with E-state index in [1.807, 2.05) is 0 Å². The Morgan fingerprint density at radius 3 is 2.88 bits per heavy atom. The topological polar surface area (TPSA) is 63.3 Å². The molecule has 0 spiro atoms. The maximum absolute atomic E-state index is 12.4. The van der Waals surface area contributed by atoms with Gasteiger partial charge in [-0.2, -0.15) is 0 Å². The molecule has 2 rings (SSSR count). The molecule has 16 heavy (non-hydrogen) atoms. The highest BCUT2D eigenvalue weighted by molar-refractivity contribution is 5.86. The highest BCUT2D eigenvalue weighted by atomic mass is 19.1. The van der Waals surface area contributed by atoms with Crippen LogP contribution in [0.15, 0.2) is 34.9 Å². The van der Waals surface area contributed by atoms with Crippen LogP contribution in [-0.2, 0) is 6.67 Å². The number of rotatable bonds is 3.